The molecule has 0 aliphatic rings. The van der Waals surface area contributed by atoms with Crippen LogP contribution in [-0.4, -0.2) is 13.3 Å². The third-order valence-electron chi connectivity index (χ3n) is 9.80. The molecule has 0 aliphatic carbocycles. The minimum atomic E-state index is -1.78. The number of hydrogen-bond acceptors (Lipinski definition) is 1. The van der Waals surface area contributed by atoms with Crippen LogP contribution in [0, 0.1) is 27.9 Å². The zero-order valence-corrected chi connectivity index (χ0v) is 35.0. The zero-order valence-electron chi connectivity index (χ0n) is 30.5. The van der Waals surface area contributed by atoms with Gasteiger partial charge in [-0.2, -0.15) is 18.6 Å². The molecule has 0 fully saturated rings. The monoisotopic (exact) mass is 911 g/mol. The Morgan fingerprint density at radius 1 is 0.647 bits per heavy atom. The van der Waals surface area contributed by atoms with Crippen LogP contribution in [0.1, 0.15) is 49.3 Å². The van der Waals surface area contributed by atoms with Crippen molar-refractivity contribution in [2.75, 3.05) is 0 Å². The number of fused-ring (bicyclic) bond motifs is 3. The molecule has 0 aliphatic heterocycles. The standard InChI is InChI=1S/C30H28NO.C16H20GeN.Ir/c1-5-21(6-2)23-17-18-31(4)27(19-23)28-20(3)15-16-26-25-14-10-13-24(29(25)32-30(26)28)22-11-8-7-9-12-22;1-13-8-6-7-9-15(13)16-11-10-14(12-18(16)5)17(2,3)4;/h7-19,21H,3-6H2,1-2H3;6-12H,1,5H2,2-4H3;/q2*-1;. The van der Waals surface area contributed by atoms with Gasteiger partial charge in [0.25, 0.3) is 0 Å². The number of pyridine rings is 2. The maximum atomic E-state index is 6.63. The maximum Gasteiger partial charge on any atom is 0 e. The van der Waals surface area contributed by atoms with Crippen molar-refractivity contribution in [3.05, 3.63) is 166 Å². The van der Waals surface area contributed by atoms with Gasteiger partial charge in [0, 0.05) is 43.5 Å². The Morgan fingerprint density at radius 2 is 1.31 bits per heavy atom. The molecule has 263 valence electrons. The average molecular weight is 910 g/mol. The van der Waals surface area contributed by atoms with Crippen LogP contribution in [0.25, 0.3) is 55.6 Å². The molecule has 3 aromatic heterocycles. The number of aromatic nitrogens is 2. The van der Waals surface area contributed by atoms with Gasteiger partial charge in [0.2, 0.25) is 0 Å². The topological polar surface area (TPSA) is 20.9 Å². The number of benzene rings is 4. The second kappa shape index (κ2) is 15.9. The fraction of sp³-hybridized carbons (Fsp3) is 0.174. The van der Waals surface area contributed by atoms with Crippen LogP contribution >= 0.6 is 0 Å². The summed E-state index contributed by atoms with van der Waals surface area (Å²) >= 11 is -1.78. The van der Waals surface area contributed by atoms with E-state index in [1.807, 2.05) is 33.4 Å². The predicted molar refractivity (Wildman–Crippen MR) is 214 cm³/mol. The molecule has 7 aromatic rings. The normalized spacial score (nSPS) is 11.3. The minimum absolute atomic E-state index is 0. The second-order valence-corrected chi connectivity index (χ2v) is 24.8. The molecule has 0 saturated heterocycles. The number of nitrogens with zero attached hydrogens (tertiary/aromatic N) is 2. The van der Waals surface area contributed by atoms with Crippen LogP contribution in [0.4, 0.5) is 0 Å². The van der Waals surface area contributed by atoms with Crippen molar-refractivity contribution in [1.29, 1.82) is 0 Å². The van der Waals surface area contributed by atoms with Crippen molar-refractivity contribution in [3.63, 3.8) is 0 Å². The number of rotatable bonds is 7. The zero-order chi connectivity index (χ0) is 35.6. The summed E-state index contributed by atoms with van der Waals surface area (Å²) in [5, 5.41) is 2.22. The number of hydrogen-bond donors (Lipinski definition) is 0. The molecule has 5 heteroatoms. The fourth-order valence-corrected chi connectivity index (χ4v) is 9.17. The average Bonchev–Trinajstić information content (AvgIpc) is 3.49. The molecule has 0 unspecified atom stereocenters. The van der Waals surface area contributed by atoms with E-state index in [1.165, 1.54) is 9.96 Å². The van der Waals surface area contributed by atoms with E-state index in [0.717, 1.165) is 79.5 Å². The van der Waals surface area contributed by atoms with Gasteiger partial charge in [-0.3, -0.25) is 0 Å². The first kappa shape index (κ1) is 37.9. The minimum Gasteiger partial charge on any atom is 0 e. The Labute approximate surface area is 321 Å². The first-order valence-electron chi connectivity index (χ1n) is 17.5. The molecule has 0 spiro atoms. The van der Waals surface area contributed by atoms with Crippen molar-refractivity contribution in [2.24, 2.45) is 0 Å². The van der Waals surface area contributed by atoms with E-state index in [-0.39, 0.29) is 20.1 Å². The van der Waals surface area contributed by atoms with Gasteiger partial charge in [0.1, 0.15) is 5.58 Å². The van der Waals surface area contributed by atoms with Gasteiger partial charge in [0.15, 0.2) is 0 Å². The van der Waals surface area contributed by atoms with E-state index in [1.54, 1.807) is 0 Å². The van der Waals surface area contributed by atoms with E-state index in [2.05, 4.69) is 156 Å². The summed E-state index contributed by atoms with van der Waals surface area (Å²) in [5.74, 6) is 7.71. The summed E-state index contributed by atoms with van der Waals surface area (Å²) in [6, 6.07) is 38.0. The molecule has 0 atom stereocenters. The molecule has 3 nitrogen and oxygen atoms in total. The van der Waals surface area contributed by atoms with Gasteiger partial charge in [-0.1, -0.05) is 85.6 Å². The fourth-order valence-electron chi connectivity index (χ4n) is 6.81. The first-order chi connectivity index (χ1) is 24.0. The summed E-state index contributed by atoms with van der Waals surface area (Å²) in [6.07, 6.45) is 6.47. The van der Waals surface area contributed by atoms with Crippen molar-refractivity contribution in [1.82, 2.24) is 0 Å². The van der Waals surface area contributed by atoms with Gasteiger partial charge in [-0.15, -0.1) is 6.07 Å². The van der Waals surface area contributed by atoms with Crippen LogP contribution in [0.3, 0.4) is 0 Å². The Balaban J connectivity index is 0.000000226. The number of para-hydroxylation sites is 1. The van der Waals surface area contributed by atoms with E-state index in [0.29, 0.717) is 5.92 Å². The molecule has 1 radical (unpaired) electrons. The Bertz CT molecular complexity index is 2280. The van der Waals surface area contributed by atoms with Gasteiger partial charge in [0.05, 0.1) is 17.5 Å². The molecule has 0 bridgehead atoms. The van der Waals surface area contributed by atoms with Crippen molar-refractivity contribution in [3.8, 4) is 33.6 Å². The molecular formula is C46H48GeIrN2O-2. The molecular weight excluding hydrogens is 861 g/mol. The Hall–Kier alpha value is -4.35. The molecule has 0 amide bonds. The molecule has 4 aromatic carbocycles. The summed E-state index contributed by atoms with van der Waals surface area (Å²) < 4.78 is 12.0. The maximum absolute atomic E-state index is 6.63. The van der Waals surface area contributed by atoms with Crippen LogP contribution in [0.15, 0.2) is 126 Å². The van der Waals surface area contributed by atoms with Gasteiger partial charge in [-0.05, 0) is 24.3 Å². The molecule has 0 saturated carbocycles. The largest absolute Gasteiger partial charge is 0 e. The Morgan fingerprint density at radius 3 is 1.98 bits per heavy atom. The SMILES string of the molecule is [CH2-]c1ccc2c(oc3c(-c4ccccc4)cccc32)c1-c1cc(C(CC)CC)cc[n+]1[CH2-].[CH2-]c1ccccc1-c1cc[c]([Ge]([CH3])([CH3])[CH3])c[n+]1[CH2-].[Ir]. The quantitative estimate of drug-likeness (QED) is 0.0887. The van der Waals surface area contributed by atoms with Crippen LogP contribution in [0.2, 0.25) is 17.3 Å². The van der Waals surface area contributed by atoms with Gasteiger partial charge >= 0.3 is 113 Å². The van der Waals surface area contributed by atoms with Crippen LogP contribution < -0.4 is 13.5 Å². The second-order valence-electron chi connectivity index (χ2n) is 14.1. The van der Waals surface area contributed by atoms with Crippen molar-refractivity contribution >= 4 is 39.6 Å². The van der Waals surface area contributed by atoms with Gasteiger partial charge in [-0.25, -0.2) is 0 Å². The third-order valence-corrected chi connectivity index (χ3v) is 14.0. The van der Waals surface area contributed by atoms with E-state index >= 15 is 0 Å². The summed E-state index contributed by atoms with van der Waals surface area (Å²) in [7, 11) is 8.39. The Kier molecular flexibility index (Phi) is 11.8. The van der Waals surface area contributed by atoms with E-state index < -0.39 is 13.3 Å². The van der Waals surface area contributed by atoms with Crippen molar-refractivity contribution < 1.29 is 33.7 Å². The smallest absolute Gasteiger partial charge is 0 e. The summed E-state index contributed by atoms with van der Waals surface area (Å²) in [4.78, 5) is 0. The first-order valence-corrected chi connectivity index (χ1v) is 24.9. The van der Waals surface area contributed by atoms with Crippen molar-refractivity contribution in [2.45, 2.75) is 49.9 Å². The van der Waals surface area contributed by atoms with E-state index in [4.69, 9.17) is 4.42 Å². The van der Waals surface area contributed by atoms with E-state index in [9.17, 15) is 0 Å². The summed E-state index contributed by atoms with van der Waals surface area (Å²) in [5.41, 5.74) is 11.7. The molecule has 0 N–H and O–H groups in total. The number of furan rings is 1. The van der Waals surface area contributed by atoms with Crippen LogP contribution in [-0.2, 0) is 20.1 Å². The molecule has 3 heterocycles. The summed E-state index contributed by atoms with van der Waals surface area (Å²) in [6.45, 7) is 12.9. The molecule has 7 rings (SSSR count). The van der Waals surface area contributed by atoms with Gasteiger partial charge < -0.3 is 8.98 Å². The molecule has 51 heavy (non-hydrogen) atoms. The predicted octanol–water partition coefficient (Wildman–Crippen LogP) is 10.9. The third kappa shape index (κ3) is 7.79. The van der Waals surface area contributed by atoms with Crippen LogP contribution in [0.5, 0.6) is 0 Å².